The van der Waals surface area contributed by atoms with Gasteiger partial charge in [0.05, 0.1) is 24.0 Å². The van der Waals surface area contributed by atoms with Crippen molar-refractivity contribution in [3.05, 3.63) is 35.9 Å². The maximum Gasteiger partial charge on any atom is 0.410 e. The van der Waals surface area contributed by atoms with E-state index in [0.29, 0.717) is 36.5 Å². The molecule has 0 aromatic carbocycles. The van der Waals surface area contributed by atoms with E-state index in [2.05, 4.69) is 21.9 Å². The minimum Gasteiger partial charge on any atom is -0.474 e. The Morgan fingerprint density at radius 1 is 1.16 bits per heavy atom. The molecule has 32 heavy (non-hydrogen) atoms. The summed E-state index contributed by atoms with van der Waals surface area (Å²) in [6.45, 7) is 8.39. The summed E-state index contributed by atoms with van der Waals surface area (Å²) < 4.78 is 17.7. The van der Waals surface area contributed by atoms with Crippen LogP contribution in [0, 0.1) is 19.8 Å². The van der Waals surface area contributed by atoms with E-state index >= 15 is 0 Å². The molecule has 8 nitrogen and oxygen atoms in total. The van der Waals surface area contributed by atoms with Gasteiger partial charge in [0.2, 0.25) is 11.8 Å². The number of hydrogen-bond donors (Lipinski definition) is 0. The predicted molar refractivity (Wildman–Crippen MR) is 119 cm³/mol. The van der Waals surface area contributed by atoms with Gasteiger partial charge < -0.3 is 19.1 Å². The Hall–Kier alpha value is -2.90. The second-order valence-electron chi connectivity index (χ2n) is 8.97. The zero-order valence-electron chi connectivity index (χ0n) is 19.3. The van der Waals surface area contributed by atoms with E-state index in [4.69, 9.17) is 14.2 Å². The van der Waals surface area contributed by atoms with E-state index in [1.807, 2.05) is 37.8 Å². The molecule has 1 aliphatic heterocycles. The van der Waals surface area contributed by atoms with E-state index in [1.54, 1.807) is 6.20 Å². The topological polar surface area (TPSA) is 86.7 Å². The average molecular weight is 441 g/mol. The summed E-state index contributed by atoms with van der Waals surface area (Å²) in [6, 6.07) is 3.96. The van der Waals surface area contributed by atoms with Gasteiger partial charge in [0.15, 0.2) is 5.75 Å². The number of ether oxygens (including phenoxy) is 3. The van der Waals surface area contributed by atoms with E-state index < -0.39 is 0 Å². The number of carbonyl (C=O) groups is 1. The smallest absolute Gasteiger partial charge is 0.410 e. The van der Waals surface area contributed by atoms with Gasteiger partial charge in [0, 0.05) is 24.7 Å². The zero-order chi connectivity index (χ0) is 22.7. The lowest BCUT2D eigenvalue weighted by molar-refractivity contribution is 0.0722. The number of hydrogen-bond acceptors (Lipinski definition) is 7. The van der Waals surface area contributed by atoms with Crippen LogP contribution in [-0.2, 0) is 4.74 Å². The summed E-state index contributed by atoms with van der Waals surface area (Å²) in [7, 11) is 0. The van der Waals surface area contributed by atoms with Crippen LogP contribution in [0.25, 0.3) is 0 Å². The third kappa shape index (κ3) is 5.29. The van der Waals surface area contributed by atoms with Gasteiger partial charge in [-0.25, -0.2) is 14.8 Å². The van der Waals surface area contributed by atoms with Crippen molar-refractivity contribution in [1.29, 1.82) is 0 Å². The van der Waals surface area contributed by atoms with Gasteiger partial charge in [0.1, 0.15) is 6.33 Å². The molecule has 3 heterocycles. The Balaban J connectivity index is 1.38. The monoisotopic (exact) mass is 440 g/mol. The van der Waals surface area contributed by atoms with E-state index in [-0.39, 0.29) is 24.3 Å². The molecular formula is C24H32N4O4. The third-order valence-corrected chi connectivity index (χ3v) is 6.21. The Kier molecular flexibility index (Phi) is 6.77. The molecule has 172 valence electrons. The third-order valence-electron chi connectivity index (χ3n) is 6.21. The van der Waals surface area contributed by atoms with Crippen molar-refractivity contribution in [2.75, 3.05) is 6.61 Å². The normalized spacial score (nSPS) is 21.3. The van der Waals surface area contributed by atoms with Crippen molar-refractivity contribution in [2.24, 2.45) is 5.92 Å². The number of pyridine rings is 1. The van der Waals surface area contributed by atoms with Crippen molar-refractivity contribution < 1.29 is 19.0 Å². The largest absolute Gasteiger partial charge is 0.474 e. The zero-order valence-corrected chi connectivity index (χ0v) is 19.3. The average Bonchev–Trinajstić information content (AvgIpc) is 3.53. The van der Waals surface area contributed by atoms with Gasteiger partial charge in [-0.3, -0.25) is 4.98 Å². The van der Waals surface area contributed by atoms with Gasteiger partial charge in [-0.2, -0.15) is 0 Å². The van der Waals surface area contributed by atoms with Crippen LogP contribution < -0.4 is 9.47 Å². The van der Waals surface area contributed by atoms with Crippen molar-refractivity contribution >= 4 is 6.09 Å². The number of carbonyl (C=O) groups excluding carboxylic acids is 1. The molecule has 2 aromatic heterocycles. The summed E-state index contributed by atoms with van der Waals surface area (Å²) in [4.78, 5) is 27.4. The Bertz CT molecular complexity index is 949. The maximum absolute atomic E-state index is 12.7. The molecule has 0 N–H and O–H groups in total. The number of nitrogens with zero attached hydrogens (tertiary/aromatic N) is 4. The van der Waals surface area contributed by atoms with Gasteiger partial charge in [-0.05, 0) is 71.4 Å². The molecule has 2 unspecified atom stereocenters. The summed E-state index contributed by atoms with van der Waals surface area (Å²) in [5.74, 6) is 2.13. The molecule has 1 saturated heterocycles. The van der Waals surface area contributed by atoms with Crippen molar-refractivity contribution in [3.63, 3.8) is 0 Å². The van der Waals surface area contributed by atoms with Crippen LogP contribution >= 0.6 is 0 Å². The molecule has 0 spiro atoms. The quantitative estimate of drug-likeness (QED) is 0.580. The van der Waals surface area contributed by atoms with E-state index in [9.17, 15) is 4.79 Å². The molecule has 1 saturated carbocycles. The van der Waals surface area contributed by atoms with Crippen LogP contribution in [-0.4, -0.2) is 50.7 Å². The molecule has 8 heteroatoms. The fourth-order valence-electron chi connectivity index (χ4n) is 4.12. The van der Waals surface area contributed by atoms with Gasteiger partial charge >= 0.3 is 6.09 Å². The molecule has 0 radical (unpaired) electrons. The Morgan fingerprint density at radius 3 is 2.69 bits per heavy atom. The van der Waals surface area contributed by atoms with Crippen LogP contribution in [0.1, 0.15) is 57.2 Å². The first-order valence-electron chi connectivity index (χ1n) is 11.4. The highest BCUT2D eigenvalue weighted by Crippen LogP contribution is 2.33. The summed E-state index contributed by atoms with van der Waals surface area (Å²) in [5, 5.41) is 0. The fourth-order valence-corrected chi connectivity index (χ4v) is 4.12. The minimum absolute atomic E-state index is 0.0996. The molecular weight excluding hydrogens is 408 g/mol. The van der Waals surface area contributed by atoms with Crippen LogP contribution in [0.3, 0.4) is 0 Å². The first-order chi connectivity index (χ1) is 15.4. The molecule has 1 aliphatic carbocycles. The Morgan fingerprint density at radius 2 is 1.94 bits per heavy atom. The molecule has 2 aromatic rings. The standard InChI is InChI=1S/C24H32N4O4/c1-15-7-10-20(28(15)24(29)30-13-19-8-9-19)12-16(2)31-22-17(3)23(27-14-26-22)32-21-6-5-11-25-18(21)4/h5-6,11,14-16,19-20H,7-10,12-13H2,1-4H3/t15?,16-,20?/m1/s1. The number of rotatable bonds is 8. The maximum atomic E-state index is 12.7. The highest BCUT2D eigenvalue weighted by molar-refractivity contribution is 5.69. The minimum atomic E-state index is -0.195. The lowest BCUT2D eigenvalue weighted by atomic mass is 10.1. The van der Waals surface area contributed by atoms with E-state index in [0.717, 1.165) is 24.1 Å². The van der Waals surface area contributed by atoms with Crippen molar-refractivity contribution in [2.45, 2.75) is 78.0 Å². The van der Waals surface area contributed by atoms with Crippen molar-refractivity contribution in [3.8, 4) is 17.5 Å². The van der Waals surface area contributed by atoms with Crippen LogP contribution in [0.4, 0.5) is 4.79 Å². The first-order valence-corrected chi connectivity index (χ1v) is 11.4. The highest BCUT2D eigenvalue weighted by atomic mass is 16.6. The predicted octanol–water partition coefficient (Wildman–Crippen LogP) is 4.84. The number of amides is 1. The lowest BCUT2D eigenvalue weighted by Gasteiger charge is -2.29. The molecule has 0 bridgehead atoms. The second kappa shape index (κ2) is 9.71. The lowest BCUT2D eigenvalue weighted by Crippen LogP contribution is -2.42. The van der Waals surface area contributed by atoms with Crippen molar-refractivity contribution in [1.82, 2.24) is 19.9 Å². The van der Waals surface area contributed by atoms with Gasteiger partial charge in [-0.1, -0.05) is 0 Å². The number of aryl methyl sites for hydroxylation is 1. The van der Waals surface area contributed by atoms with Crippen LogP contribution in [0.15, 0.2) is 24.7 Å². The molecule has 4 rings (SSSR count). The number of likely N-dealkylation sites (tertiary alicyclic amines) is 1. The highest BCUT2D eigenvalue weighted by Gasteiger charge is 2.37. The van der Waals surface area contributed by atoms with Crippen LogP contribution in [0.2, 0.25) is 0 Å². The summed E-state index contributed by atoms with van der Waals surface area (Å²) >= 11 is 0. The number of aromatic nitrogens is 3. The van der Waals surface area contributed by atoms with Gasteiger partial charge in [-0.15, -0.1) is 0 Å². The van der Waals surface area contributed by atoms with Gasteiger partial charge in [0.25, 0.3) is 0 Å². The fraction of sp³-hybridized carbons (Fsp3) is 0.583. The molecule has 3 atom stereocenters. The summed E-state index contributed by atoms with van der Waals surface area (Å²) in [5.41, 5.74) is 1.51. The molecule has 2 aliphatic rings. The van der Waals surface area contributed by atoms with Crippen LogP contribution in [0.5, 0.6) is 17.5 Å². The first kappa shape index (κ1) is 22.3. The molecule has 2 fully saturated rings. The van der Waals surface area contributed by atoms with E-state index in [1.165, 1.54) is 19.2 Å². The second-order valence-corrected chi connectivity index (χ2v) is 8.97. The summed E-state index contributed by atoms with van der Waals surface area (Å²) in [6.07, 6.45) is 7.81. The SMILES string of the molecule is Cc1ncccc1Oc1ncnc(O[C@H](C)CC2CCC(C)N2C(=O)OCC2CC2)c1C. The molecule has 1 amide bonds. The Labute approximate surface area is 189 Å².